The second-order valence-electron chi connectivity index (χ2n) is 3.29. The molecular weight excluding hydrogens is 178 g/mol. The molecule has 0 radical (unpaired) electrons. The third-order valence-corrected chi connectivity index (χ3v) is 2.31. The van der Waals surface area contributed by atoms with Gasteiger partial charge in [-0.2, -0.15) is 0 Å². The largest absolute Gasteiger partial charge is 0.338 e. The van der Waals surface area contributed by atoms with Gasteiger partial charge in [0.15, 0.2) is 11.1 Å². The first kappa shape index (κ1) is 8.93. The summed E-state index contributed by atoms with van der Waals surface area (Å²) >= 11 is 0. The smallest absolute Gasteiger partial charge is 0.183 e. The lowest BCUT2D eigenvalue weighted by Crippen LogP contribution is -2.22. The first-order valence-corrected chi connectivity index (χ1v) is 4.46. The normalized spacial score (nSPS) is 12.7. The van der Waals surface area contributed by atoms with E-state index in [1.54, 1.807) is 7.05 Å². The second-order valence-corrected chi connectivity index (χ2v) is 3.29. The van der Waals surface area contributed by atoms with Crippen molar-refractivity contribution in [1.82, 2.24) is 19.5 Å². The molecule has 2 aromatic heterocycles. The van der Waals surface area contributed by atoms with Crippen LogP contribution in [0.25, 0.3) is 11.2 Å². The fourth-order valence-electron chi connectivity index (χ4n) is 1.53. The van der Waals surface area contributed by atoms with Gasteiger partial charge in [-0.15, -0.1) is 0 Å². The van der Waals surface area contributed by atoms with E-state index < -0.39 is 0 Å². The van der Waals surface area contributed by atoms with Gasteiger partial charge >= 0.3 is 0 Å². The summed E-state index contributed by atoms with van der Waals surface area (Å²) in [5.41, 5.74) is 2.52. The fourth-order valence-corrected chi connectivity index (χ4v) is 1.53. The van der Waals surface area contributed by atoms with Gasteiger partial charge < -0.3 is 9.55 Å². The Morgan fingerprint density at radius 1 is 1.29 bits per heavy atom. The maximum absolute atomic E-state index is 4.37. The molecule has 5 nitrogen and oxygen atoms in total. The molecule has 0 saturated heterocycles. The molecular formula is C9H13N5. The van der Waals surface area contributed by atoms with E-state index in [0.29, 0.717) is 0 Å². The van der Waals surface area contributed by atoms with Gasteiger partial charge in [0, 0.05) is 14.1 Å². The Bertz CT molecular complexity index is 546. The molecule has 74 valence electrons. The summed E-state index contributed by atoms with van der Waals surface area (Å²) in [6.45, 7) is 3.86. The molecule has 0 unspecified atom stereocenters. The topological polar surface area (TPSA) is 58.9 Å². The zero-order valence-corrected chi connectivity index (χ0v) is 8.79. The van der Waals surface area contributed by atoms with Crippen LogP contribution in [0.5, 0.6) is 0 Å². The lowest BCUT2D eigenvalue weighted by Gasteiger charge is -2.03. The van der Waals surface area contributed by atoms with E-state index in [1.165, 1.54) is 0 Å². The maximum atomic E-state index is 4.37. The molecule has 0 saturated carbocycles. The fraction of sp³-hybridized carbons (Fsp3) is 0.444. The van der Waals surface area contributed by atoms with Crippen LogP contribution in [0.1, 0.15) is 11.6 Å². The molecule has 2 heterocycles. The van der Waals surface area contributed by atoms with Crippen molar-refractivity contribution < 1.29 is 0 Å². The van der Waals surface area contributed by atoms with E-state index in [1.807, 2.05) is 25.5 Å². The highest BCUT2D eigenvalue weighted by Crippen LogP contribution is 2.03. The van der Waals surface area contributed by atoms with Gasteiger partial charge in [-0.05, 0) is 13.8 Å². The lowest BCUT2D eigenvalue weighted by atomic mass is 10.5. The number of nitrogens with one attached hydrogen (secondary N) is 1. The molecule has 0 bridgehead atoms. The minimum Gasteiger partial charge on any atom is -0.338 e. The van der Waals surface area contributed by atoms with Crippen molar-refractivity contribution >= 4 is 11.2 Å². The Labute approximate surface area is 81.5 Å². The third kappa shape index (κ3) is 1.13. The summed E-state index contributed by atoms with van der Waals surface area (Å²) < 4.78 is 1.94. The number of fused-ring (bicyclic) bond motifs is 1. The monoisotopic (exact) mass is 191 g/mol. The number of hydrogen-bond donors (Lipinski definition) is 1. The molecule has 0 fully saturated rings. The number of aromatic nitrogens is 4. The molecule has 0 aliphatic heterocycles. The molecule has 1 N–H and O–H groups in total. The Kier molecular flexibility index (Phi) is 1.87. The molecule has 14 heavy (non-hydrogen) atoms. The molecule has 0 aliphatic rings. The maximum Gasteiger partial charge on any atom is 0.183 e. The van der Waals surface area contributed by atoms with Crippen LogP contribution in [-0.2, 0) is 7.05 Å². The minimum absolute atomic E-state index is 0.735. The summed E-state index contributed by atoms with van der Waals surface area (Å²) in [6.07, 6.45) is 0. The van der Waals surface area contributed by atoms with Gasteiger partial charge in [-0.25, -0.2) is 9.97 Å². The molecule has 0 amide bonds. The van der Waals surface area contributed by atoms with Gasteiger partial charge in [0.25, 0.3) is 0 Å². The summed E-state index contributed by atoms with van der Waals surface area (Å²) in [4.78, 5) is 16.0. The van der Waals surface area contributed by atoms with Crippen molar-refractivity contribution in [2.45, 2.75) is 13.8 Å². The summed E-state index contributed by atoms with van der Waals surface area (Å²) in [6, 6.07) is 0. The van der Waals surface area contributed by atoms with Crippen LogP contribution in [-0.4, -0.2) is 26.6 Å². The van der Waals surface area contributed by atoms with Crippen molar-refractivity contribution in [3.63, 3.8) is 0 Å². The average molecular weight is 191 g/mol. The van der Waals surface area contributed by atoms with Gasteiger partial charge in [0.1, 0.15) is 17.2 Å². The van der Waals surface area contributed by atoms with Gasteiger partial charge in [0.05, 0.1) is 0 Å². The average Bonchev–Trinajstić information content (AvgIpc) is 2.47. The molecule has 2 rings (SSSR count). The van der Waals surface area contributed by atoms with E-state index in [2.05, 4.69) is 19.9 Å². The summed E-state index contributed by atoms with van der Waals surface area (Å²) in [5, 5.41) is 0. The zero-order chi connectivity index (χ0) is 10.3. The number of aromatic amines is 1. The van der Waals surface area contributed by atoms with Crippen LogP contribution < -0.4 is 5.49 Å². The van der Waals surface area contributed by atoms with Crippen LogP contribution in [0, 0.1) is 13.8 Å². The highest BCUT2D eigenvalue weighted by Gasteiger charge is 2.06. The van der Waals surface area contributed by atoms with Crippen LogP contribution in [0.3, 0.4) is 0 Å². The first-order chi connectivity index (χ1) is 6.63. The Morgan fingerprint density at radius 3 is 2.64 bits per heavy atom. The molecule has 0 atom stereocenters. The van der Waals surface area contributed by atoms with Crippen molar-refractivity contribution in [2.75, 3.05) is 7.05 Å². The van der Waals surface area contributed by atoms with E-state index in [9.17, 15) is 0 Å². The highest BCUT2D eigenvalue weighted by atomic mass is 15.1. The molecule has 2 aromatic rings. The van der Waals surface area contributed by atoms with E-state index in [4.69, 9.17) is 0 Å². The minimum atomic E-state index is 0.735. The number of hydrogen-bond acceptors (Lipinski definition) is 3. The number of aryl methyl sites for hydroxylation is 2. The third-order valence-electron chi connectivity index (χ3n) is 2.31. The standard InChI is InChI=1S/C9H13N5/c1-5-11-7-8(12-5)13-6(2)14(4)9(7)10-3/h1-4H3,(H,11,12). The van der Waals surface area contributed by atoms with Crippen molar-refractivity contribution in [3.05, 3.63) is 17.1 Å². The van der Waals surface area contributed by atoms with Crippen molar-refractivity contribution in [3.8, 4) is 0 Å². The Morgan fingerprint density at radius 2 is 2.00 bits per heavy atom. The second kappa shape index (κ2) is 2.94. The molecule has 0 aliphatic carbocycles. The number of rotatable bonds is 0. The summed E-state index contributed by atoms with van der Waals surface area (Å²) in [5.74, 6) is 1.77. The molecule has 5 heteroatoms. The van der Waals surface area contributed by atoms with Gasteiger partial charge in [-0.1, -0.05) is 0 Å². The number of H-pyrrole nitrogens is 1. The Hall–Kier alpha value is -1.65. The van der Waals surface area contributed by atoms with E-state index in [-0.39, 0.29) is 0 Å². The van der Waals surface area contributed by atoms with Crippen LogP contribution in [0.4, 0.5) is 0 Å². The van der Waals surface area contributed by atoms with Crippen molar-refractivity contribution in [1.29, 1.82) is 0 Å². The van der Waals surface area contributed by atoms with E-state index >= 15 is 0 Å². The van der Waals surface area contributed by atoms with Crippen LogP contribution >= 0.6 is 0 Å². The predicted octanol–water partition coefficient (Wildman–Crippen LogP) is 0.444. The SMILES string of the molecule is CN=c1c2[nH]c(C)nc2nc(C)n1C. The highest BCUT2D eigenvalue weighted by molar-refractivity contribution is 5.68. The quantitative estimate of drug-likeness (QED) is 0.657. The number of nitrogens with zero attached hydrogens (tertiary/aromatic N) is 4. The van der Waals surface area contributed by atoms with Gasteiger partial charge in [-0.3, -0.25) is 4.99 Å². The van der Waals surface area contributed by atoms with Gasteiger partial charge in [0.2, 0.25) is 0 Å². The zero-order valence-electron chi connectivity index (χ0n) is 8.79. The van der Waals surface area contributed by atoms with Crippen LogP contribution in [0.2, 0.25) is 0 Å². The number of imidazole rings is 1. The summed E-state index contributed by atoms with van der Waals surface area (Å²) in [7, 11) is 3.71. The lowest BCUT2D eigenvalue weighted by molar-refractivity contribution is 0.767. The van der Waals surface area contributed by atoms with Crippen LogP contribution in [0.15, 0.2) is 4.99 Å². The Balaban J connectivity index is 3.03. The molecule has 0 spiro atoms. The molecule has 0 aromatic carbocycles. The van der Waals surface area contributed by atoms with E-state index in [0.717, 1.165) is 28.3 Å². The predicted molar refractivity (Wildman–Crippen MR) is 53.8 cm³/mol. The van der Waals surface area contributed by atoms with Crippen molar-refractivity contribution in [2.24, 2.45) is 12.0 Å². The first-order valence-electron chi connectivity index (χ1n) is 4.46.